The molecule has 1 aliphatic rings. The molecule has 2 atom stereocenters. The highest BCUT2D eigenvalue weighted by Crippen LogP contribution is 2.22. The molecule has 1 aliphatic heterocycles. The third kappa shape index (κ3) is 3.26. The molecule has 2 rings (SSSR count). The van der Waals surface area contributed by atoms with Crippen molar-refractivity contribution in [3.05, 3.63) is 29.8 Å². The molecule has 1 fully saturated rings. The van der Waals surface area contributed by atoms with Gasteiger partial charge in [-0.3, -0.25) is 4.79 Å². The van der Waals surface area contributed by atoms with Crippen LogP contribution in [0.5, 0.6) is 0 Å². The van der Waals surface area contributed by atoms with E-state index in [1.807, 2.05) is 19.1 Å². The zero-order chi connectivity index (χ0) is 13.8. The van der Waals surface area contributed by atoms with Gasteiger partial charge in [0.1, 0.15) is 6.04 Å². The summed E-state index contributed by atoms with van der Waals surface area (Å²) in [4.78, 5) is 14.3. The molecule has 0 spiro atoms. The molecule has 2 N–H and O–H groups in total. The van der Waals surface area contributed by atoms with Crippen molar-refractivity contribution < 1.29 is 9.90 Å². The minimum atomic E-state index is -0.280. The molecule has 2 unspecified atom stereocenters. The summed E-state index contributed by atoms with van der Waals surface area (Å²) in [6.07, 6.45) is 0.465. The second-order valence-corrected chi connectivity index (χ2v) is 5.37. The fourth-order valence-corrected chi connectivity index (χ4v) is 2.49. The van der Waals surface area contributed by atoms with Gasteiger partial charge in [-0.1, -0.05) is 24.6 Å². The molecular formula is C15H22N2O2. The van der Waals surface area contributed by atoms with Crippen LogP contribution in [-0.4, -0.2) is 36.8 Å². The molecule has 1 aromatic rings. The Hall–Kier alpha value is -1.55. The van der Waals surface area contributed by atoms with Crippen LogP contribution in [0, 0.1) is 12.8 Å². The summed E-state index contributed by atoms with van der Waals surface area (Å²) in [7, 11) is 0. The molecule has 0 saturated carbocycles. The molecule has 4 heteroatoms. The first-order chi connectivity index (χ1) is 9.11. The van der Waals surface area contributed by atoms with Crippen molar-refractivity contribution in [2.45, 2.75) is 26.3 Å². The van der Waals surface area contributed by atoms with Crippen LogP contribution in [0.4, 0.5) is 5.69 Å². The van der Waals surface area contributed by atoms with Gasteiger partial charge in [0, 0.05) is 25.4 Å². The Kier molecular flexibility index (Phi) is 4.43. The van der Waals surface area contributed by atoms with Crippen molar-refractivity contribution in [1.29, 1.82) is 0 Å². The summed E-state index contributed by atoms with van der Waals surface area (Å²) in [6.45, 7) is 5.72. The average Bonchev–Trinajstić information content (AvgIpc) is 2.53. The number of nitrogens with zero attached hydrogens (tertiary/aromatic N) is 1. The number of carbonyl (C=O) groups is 1. The quantitative estimate of drug-likeness (QED) is 0.864. The lowest BCUT2D eigenvalue weighted by Gasteiger charge is -2.31. The number of aliphatic hydroxyl groups is 1. The average molecular weight is 262 g/mol. The van der Waals surface area contributed by atoms with Crippen LogP contribution >= 0.6 is 0 Å². The Morgan fingerprint density at radius 1 is 1.37 bits per heavy atom. The van der Waals surface area contributed by atoms with E-state index in [0.717, 1.165) is 12.2 Å². The Balaban J connectivity index is 2.29. The molecule has 0 aliphatic carbocycles. The Bertz CT molecular complexity index is 430. The van der Waals surface area contributed by atoms with E-state index < -0.39 is 0 Å². The molecule has 1 amide bonds. The topological polar surface area (TPSA) is 52.6 Å². The molecule has 1 heterocycles. The number of amides is 1. The van der Waals surface area contributed by atoms with Crippen LogP contribution in [0.15, 0.2) is 24.3 Å². The third-order valence-electron chi connectivity index (χ3n) is 3.58. The third-order valence-corrected chi connectivity index (χ3v) is 3.58. The predicted octanol–water partition coefficient (Wildman–Crippen LogP) is 1.32. The van der Waals surface area contributed by atoms with Crippen LogP contribution in [-0.2, 0) is 4.79 Å². The zero-order valence-corrected chi connectivity index (χ0v) is 11.6. The molecular weight excluding hydrogens is 240 g/mol. The van der Waals surface area contributed by atoms with E-state index in [9.17, 15) is 9.90 Å². The first-order valence-corrected chi connectivity index (χ1v) is 6.83. The highest BCUT2D eigenvalue weighted by Gasteiger charge is 2.30. The molecule has 1 saturated heterocycles. The largest absolute Gasteiger partial charge is 0.396 e. The van der Waals surface area contributed by atoms with Crippen molar-refractivity contribution in [1.82, 2.24) is 5.32 Å². The lowest BCUT2D eigenvalue weighted by Crippen LogP contribution is -2.45. The van der Waals surface area contributed by atoms with Crippen LogP contribution in [0.3, 0.4) is 0 Å². The number of aliphatic hydroxyl groups excluding tert-OH is 1. The van der Waals surface area contributed by atoms with E-state index in [2.05, 4.69) is 29.3 Å². The number of hydrogen-bond acceptors (Lipinski definition) is 3. The second-order valence-electron chi connectivity index (χ2n) is 5.37. The molecule has 0 aromatic heterocycles. The van der Waals surface area contributed by atoms with Gasteiger partial charge in [-0.2, -0.15) is 0 Å². The summed E-state index contributed by atoms with van der Waals surface area (Å²) in [6, 6.07) is 7.92. The van der Waals surface area contributed by atoms with Gasteiger partial charge >= 0.3 is 0 Å². The van der Waals surface area contributed by atoms with Crippen molar-refractivity contribution in [2.24, 2.45) is 5.92 Å². The predicted molar refractivity (Wildman–Crippen MR) is 76.2 cm³/mol. The summed E-state index contributed by atoms with van der Waals surface area (Å²) >= 11 is 0. The van der Waals surface area contributed by atoms with Crippen molar-refractivity contribution in [3.63, 3.8) is 0 Å². The number of benzene rings is 1. The number of carbonyl (C=O) groups excluding carboxylic acids is 1. The molecule has 104 valence electrons. The lowest BCUT2D eigenvalue weighted by atomic mass is 10.1. The Morgan fingerprint density at radius 2 is 2.05 bits per heavy atom. The molecule has 1 aromatic carbocycles. The van der Waals surface area contributed by atoms with Gasteiger partial charge < -0.3 is 15.3 Å². The highest BCUT2D eigenvalue weighted by molar-refractivity contribution is 5.85. The molecule has 19 heavy (non-hydrogen) atoms. The smallest absolute Gasteiger partial charge is 0.242 e. The van der Waals surface area contributed by atoms with Gasteiger partial charge in [-0.05, 0) is 31.4 Å². The lowest BCUT2D eigenvalue weighted by molar-refractivity contribution is -0.122. The number of aryl methyl sites for hydroxylation is 1. The first kappa shape index (κ1) is 13.9. The van der Waals surface area contributed by atoms with Crippen LogP contribution in [0.25, 0.3) is 0 Å². The summed E-state index contributed by atoms with van der Waals surface area (Å²) in [5, 5.41) is 12.1. The zero-order valence-electron chi connectivity index (χ0n) is 11.6. The number of nitrogens with one attached hydrogen (secondary N) is 1. The van der Waals surface area contributed by atoms with Gasteiger partial charge in [-0.15, -0.1) is 0 Å². The fourth-order valence-electron chi connectivity index (χ4n) is 2.49. The second kappa shape index (κ2) is 6.06. The highest BCUT2D eigenvalue weighted by atomic mass is 16.3. The van der Waals surface area contributed by atoms with Gasteiger partial charge in [0.05, 0.1) is 0 Å². The van der Waals surface area contributed by atoms with Gasteiger partial charge in [-0.25, -0.2) is 0 Å². The van der Waals surface area contributed by atoms with Gasteiger partial charge in [0.15, 0.2) is 0 Å². The van der Waals surface area contributed by atoms with Crippen molar-refractivity contribution >= 4 is 11.6 Å². The van der Waals surface area contributed by atoms with E-state index >= 15 is 0 Å². The van der Waals surface area contributed by atoms with Gasteiger partial charge in [0.25, 0.3) is 0 Å². The molecule has 0 bridgehead atoms. The van der Waals surface area contributed by atoms with Crippen LogP contribution < -0.4 is 10.2 Å². The number of hydrogen-bond donors (Lipinski definition) is 2. The minimum Gasteiger partial charge on any atom is -0.396 e. The van der Waals surface area contributed by atoms with E-state index in [4.69, 9.17) is 0 Å². The maximum Gasteiger partial charge on any atom is 0.242 e. The van der Waals surface area contributed by atoms with Crippen LogP contribution in [0.2, 0.25) is 0 Å². The number of rotatable bonds is 3. The Labute approximate surface area is 114 Å². The van der Waals surface area contributed by atoms with Crippen molar-refractivity contribution in [3.8, 4) is 0 Å². The van der Waals surface area contributed by atoms with E-state index in [1.165, 1.54) is 5.56 Å². The Morgan fingerprint density at radius 3 is 2.68 bits per heavy atom. The summed E-state index contributed by atoms with van der Waals surface area (Å²) in [5.74, 6) is 0.410. The van der Waals surface area contributed by atoms with Crippen LogP contribution in [0.1, 0.15) is 18.9 Å². The first-order valence-electron chi connectivity index (χ1n) is 6.83. The molecule has 0 radical (unpaired) electrons. The van der Waals surface area contributed by atoms with Crippen molar-refractivity contribution in [2.75, 3.05) is 24.6 Å². The normalized spacial score (nSPS) is 23.9. The maximum atomic E-state index is 12.1. The van der Waals surface area contributed by atoms with E-state index in [1.54, 1.807) is 0 Å². The maximum absolute atomic E-state index is 12.1. The standard InChI is InChI=1S/C15H22N2O2/c1-11-3-5-13(6-4-11)17-10-12(2)9-16-15(19)14(17)7-8-18/h3-6,12,14,18H,7-10H2,1-2H3,(H,16,19). The SMILES string of the molecule is Cc1ccc(N2CC(C)CNC(=O)C2CCO)cc1. The number of anilines is 1. The minimum absolute atomic E-state index is 0.0129. The van der Waals surface area contributed by atoms with E-state index in [0.29, 0.717) is 18.9 Å². The van der Waals surface area contributed by atoms with E-state index in [-0.39, 0.29) is 18.6 Å². The summed E-state index contributed by atoms with van der Waals surface area (Å²) in [5.41, 5.74) is 2.25. The molecule has 4 nitrogen and oxygen atoms in total. The monoisotopic (exact) mass is 262 g/mol. The van der Waals surface area contributed by atoms with Gasteiger partial charge in [0.2, 0.25) is 5.91 Å². The fraction of sp³-hybridized carbons (Fsp3) is 0.533. The summed E-state index contributed by atoms with van der Waals surface area (Å²) < 4.78 is 0.